The summed E-state index contributed by atoms with van der Waals surface area (Å²) in [4.78, 5) is 16.0. The highest BCUT2D eigenvalue weighted by atomic mass is 35.5. The van der Waals surface area contributed by atoms with Gasteiger partial charge in [0.1, 0.15) is 5.54 Å². The molecule has 0 radical (unpaired) electrons. The molecule has 1 heterocycles. The van der Waals surface area contributed by atoms with Gasteiger partial charge in [0, 0.05) is 24.0 Å². The van der Waals surface area contributed by atoms with Crippen LogP contribution < -0.4 is 5.73 Å². The van der Waals surface area contributed by atoms with Crippen molar-refractivity contribution in [1.82, 2.24) is 10.1 Å². The Morgan fingerprint density at radius 3 is 2.54 bits per heavy atom. The average Bonchev–Trinajstić information content (AvgIpc) is 3.11. The molecule has 0 spiro atoms. The van der Waals surface area contributed by atoms with Gasteiger partial charge in [-0.2, -0.15) is 4.98 Å². The van der Waals surface area contributed by atoms with E-state index < -0.39 is 5.54 Å². The summed E-state index contributed by atoms with van der Waals surface area (Å²) in [5.74, 6) is 0.451. The predicted octanol–water partition coefficient (Wildman–Crippen LogP) is 2.93. The number of rotatable bonds is 5. The second-order valence-corrected chi connectivity index (χ2v) is 6.83. The van der Waals surface area contributed by atoms with Gasteiger partial charge in [0.25, 0.3) is 0 Å². The first kappa shape index (κ1) is 20.4. The van der Waals surface area contributed by atoms with E-state index in [1.54, 1.807) is 24.3 Å². The average molecular weight is 382 g/mol. The van der Waals surface area contributed by atoms with Crippen LogP contribution in [-0.4, -0.2) is 35.9 Å². The zero-order valence-electron chi connectivity index (χ0n) is 15.3. The molecule has 2 atom stereocenters. The minimum Gasteiger partial charge on any atom is -0.465 e. The number of carbonyl (C=O) groups is 1. The first-order chi connectivity index (χ1) is 11.8. The fourth-order valence-corrected chi connectivity index (χ4v) is 3.19. The van der Waals surface area contributed by atoms with E-state index in [0.717, 1.165) is 5.56 Å². The van der Waals surface area contributed by atoms with Crippen molar-refractivity contribution in [3.8, 4) is 11.4 Å². The van der Waals surface area contributed by atoms with Gasteiger partial charge in [-0.05, 0) is 19.1 Å². The SMILES string of the molecule is CCOC1CC(N)(c2nc(-c3ccc(C(=O)OC)cc3)no2)C1(C)C.Cl. The van der Waals surface area contributed by atoms with Crippen LogP contribution in [-0.2, 0) is 15.0 Å². The van der Waals surface area contributed by atoms with E-state index in [2.05, 4.69) is 14.9 Å². The summed E-state index contributed by atoms with van der Waals surface area (Å²) in [5.41, 5.74) is 6.74. The van der Waals surface area contributed by atoms with Crippen molar-refractivity contribution in [1.29, 1.82) is 0 Å². The van der Waals surface area contributed by atoms with Crippen molar-refractivity contribution in [3.05, 3.63) is 35.7 Å². The third kappa shape index (κ3) is 3.11. The minimum atomic E-state index is -0.718. The van der Waals surface area contributed by atoms with Gasteiger partial charge in [0.05, 0.1) is 18.8 Å². The molecule has 0 aliphatic heterocycles. The Morgan fingerprint density at radius 2 is 2.00 bits per heavy atom. The number of halogens is 1. The second kappa shape index (κ2) is 7.34. The van der Waals surface area contributed by atoms with Crippen LogP contribution in [0.4, 0.5) is 0 Å². The first-order valence-corrected chi connectivity index (χ1v) is 8.27. The summed E-state index contributed by atoms with van der Waals surface area (Å²) in [7, 11) is 1.35. The van der Waals surface area contributed by atoms with Crippen molar-refractivity contribution in [2.45, 2.75) is 38.8 Å². The van der Waals surface area contributed by atoms with E-state index in [4.69, 9.17) is 15.0 Å². The Morgan fingerprint density at radius 1 is 1.35 bits per heavy atom. The normalized spacial score (nSPS) is 23.7. The van der Waals surface area contributed by atoms with Gasteiger partial charge in [-0.1, -0.05) is 31.1 Å². The maximum atomic E-state index is 11.5. The molecule has 0 amide bonds. The number of nitrogens with two attached hydrogens (primary N) is 1. The van der Waals surface area contributed by atoms with Crippen LogP contribution in [0.15, 0.2) is 28.8 Å². The smallest absolute Gasteiger partial charge is 0.337 e. The fourth-order valence-electron chi connectivity index (χ4n) is 3.19. The van der Waals surface area contributed by atoms with Crippen LogP contribution in [0.3, 0.4) is 0 Å². The molecule has 8 heteroatoms. The van der Waals surface area contributed by atoms with Crippen molar-refractivity contribution < 1.29 is 18.8 Å². The highest BCUT2D eigenvalue weighted by molar-refractivity contribution is 5.89. The van der Waals surface area contributed by atoms with Crippen LogP contribution in [0.1, 0.15) is 43.4 Å². The zero-order chi connectivity index (χ0) is 18.2. The molecule has 0 saturated heterocycles. The summed E-state index contributed by atoms with van der Waals surface area (Å²) in [5, 5.41) is 4.04. The summed E-state index contributed by atoms with van der Waals surface area (Å²) in [6, 6.07) is 6.82. The molecule has 1 aliphatic rings. The van der Waals surface area contributed by atoms with Gasteiger partial charge in [-0.15, -0.1) is 12.4 Å². The Labute approximate surface area is 158 Å². The highest BCUT2D eigenvalue weighted by Crippen LogP contribution is 2.55. The first-order valence-electron chi connectivity index (χ1n) is 8.27. The molecule has 1 aromatic carbocycles. The third-order valence-electron chi connectivity index (χ3n) is 5.20. The zero-order valence-corrected chi connectivity index (χ0v) is 16.1. The molecular formula is C18H24ClN3O4. The largest absolute Gasteiger partial charge is 0.465 e. The number of hydrogen-bond donors (Lipinski definition) is 1. The molecule has 26 heavy (non-hydrogen) atoms. The lowest BCUT2D eigenvalue weighted by atomic mass is 9.54. The van der Waals surface area contributed by atoms with Gasteiger partial charge >= 0.3 is 5.97 Å². The van der Waals surface area contributed by atoms with Gasteiger partial charge in [-0.3, -0.25) is 0 Å². The Bertz CT molecular complexity index is 775. The predicted molar refractivity (Wildman–Crippen MR) is 98.0 cm³/mol. The van der Waals surface area contributed by atoms with Crippen LogP contribution >= 0.6 is 12.4 Å². The van der Waals surface area contributed by atoms with Crippen LogP contribution in [0, 0.1) is 5.41 Å². The molecule has 2 aromatic rings. The minimum absolute atomic E-state index is 0. The molecule has 7 nitrogen and oxygen atoms in total. The lowest BCUT2D eigenvalue weighted by molar-refractivity contribution is -0.162. The van der Waals surface area contributed by atoms with Crippen molar-refractivity contribution in [2.24, 2.45) is 11.1 Å². The molecule has 1 aliphatic carbocycles. The lowest BCUT2D eigenvalue weighted by Gasteiger charge is -2.56. The van der Waals surface area contributed by atoms with Crippen molar-refractivity contribution in [2.75, 3.05) is 13.7 Å². The fraction of sp³-hybridized carbons (Fsp3) is 0.500. The summed E-state index contributed by atoms with van der Waals surface area (Å²) in [6.45, 7) is 6.71. The molecule has 0 bridgehead atoms. The molecular weight excluding hydrogens is 358 g/mol. The number of carbonyl (C=O) groups excluding carboxylic acids is 1. The quantitative estimate of drug-likeness (QED) is 0.794. The molecule has 1 aromatic heterocycles. The van der Waals surface area contributed by atoms with E-state index in [1.807, 2.05) is 20.8 Å². The third-order valence-corrected chi connectivity index (χ3v) is 5.20. The number of hydrogen-bond acceptors (Lipinski definition) is 7. The lowest BCUT2D eigenvalue weighted by Crippen LogP contribution is -2.67. The van der Waals surface area contributed by atoms with E-state index in [1.165, 1.54) is 7.11 Å². The number of esters is 1. The second-order valence-electron chi connectivity index (χ2n) is 6.83. The Kier molecular flexibility index (Phi) is 5.75. The van der Waals surface area contributed by atoms with E-state index in [0.29, 0.717) is 30.3 Å². The molecule has 2 N–H and O–H groups in total. The molecule has 3 rings (SSSR count). The van der Waals surface area contributed by atoms with Gasteiger partial charge < -0.3 is 19.7 Å². The van der Waals surface area contributed by atoms with Crippen LogP contribution in [0.25, 0.3) is 11.4 Å². The van der Waals surface area contributed by atoms with Crippen molar-refractivity contribution >= 4 is 18.4 Å². The number of aromatic nitrogens is 2. The topological polar surface area (TPSA) is 100 Å². The summed E-state index contributed by atoms with van der Waals surface area (Å²) >= 11 is 0. The monoisotopic (exact) mass is 381 g/mol. The van der Waals surface area contributed by atoms with Crippen molar-refractivity contribution in [3.63, 3.8) is 0 Å². The summed E-state index contributed by atoms with van der Waals surface area (Å²) in [6.07, 6.45) is 0.703. The molecule has 142 valence electrons. The van der Waals surface area contributed by atoms with Gasteiger partial charge in [0.15, 0.2) is 0 Å². The Hall–Kier alpha value is -1.96. The van der Waals surface area contributed by atoms with Gasteiger partial charge in [0.2, 0.25) is 11.7 Å². The maximum absolute atomic E-state index is 11.5. The van der Waals surface area contributed by atoms with E-state index >= 15 is 0 Å². The molecule has 1 fully saturated rings. The van der Waals surface area contributed by atoms with E-state index in [-0.39, 0.29) is 29.9 Å². The number of ether oxygens (including phenoxy) is 2. The maximum Gasteiger partial charge on any atom is 0.337 e. The van der Waals surface area contributed by atoms with Gasteiger partial charge in [-0.25, -0.2) is 4.79 Å². The molecule has 2 unspecified atom stereocenters. The standard InChI is InChI=1S/C18H23N3O4.ClH/c1-5-24-13-10-18(19,17(13,2)3)16-20-14(21-25-16)11-6-8-12(9-7-11)15(22)23-4;/h6-9,13H,5,10,19H2,1-4H3;1H. The van der Waals surface area contributed by atoms with Crippen LogP contribution in [0.5, 0.6) is 0 Å². The van der Waals surface area contributed by atoms with E-state index in [9.17, 15) is 4.79 Å². The Balaban J connectivity index is 0.00000243. The number of methoxy groups -OCH3 is 1. The summed E-state index contributed by atoms with van der Waals surface area (Å²) < 4.78 is 15.9. The van der Waals surface area contributed by atoms with Crippen LogP contribution in [0.2, 0.25) is 0 Å². The molecule has 1 saturated carbocycles. The number of nitrogens with zero attached hydrogens (tertiary/aromatic N) is 2. The highest BCUT2D eigenvalue weighted by Gasteiger charge is 2.62. The number of benzene rings is 1.